The Morgan fingerprint density at radius 1 is 1.19 bits per heavy atom. The van der Waals surface area contributed by atoms with Crippen molar-refractivity contribution < 1.29 is 23.9 Å². The van der Waals surface area contributed by atoms with Crippen molar-refractivity contribution in [2.75, 3.05) is 26.4 Å². The standard InChI is InChI=1S/C20H36N2O5/c1-7-26-12-10-20(5,6)27-13-9-19(3,4)21-16(23)8-11-22-17(24)14-15(2)18(22)25/h15H,7-14H2,1-6H3,(H,21,23). The van der Waals surface area contributed by atoms with Gasteiger partial charge in [0.2, 0.25) is 17.7 Å². The van der Waals surface area contributed by atoms with Crippen LogP contribution in [-0.4, -0.2) is 60.1 Å². The lowest BCUT2D eigenvalue weighted by Gasteiger charge is -2.30. The van der Waals surface area contributed by atoms with E-state index in [1.807, 2.05) is 34.6 Å². The monoisotopic (exact) mass is 384 g/mol. The molecular formula is C20H36N2O5. The minimum Gasteiger partial charge on any atom is -0.382 e. The lowest BCUT2D eigenvalue weighted by atomic mass is 10.00. The number of ether oxygens (including phenoxy) is 2. The van der Waals surface area contributed by atoms with Crippen LogP contribution in [0.5, 0.6) is 0 Å². The van der Waals surface area contributed by atoms with Crippen molar-refractivity contribution >= 4 is 17.7 Å². The highest BCUT2D eigenvalue weighted by Gasteiger charge is 2.35. The summed E-state index contributed by atoms with van der Waals surface area (Å²) in [6, 6.07) is 0. The van der Waals surface area contributed by atoms with Crippen molar-refractivity contribution in [1.82, 2.24) is 10.2 Å². The van der Waals surface area contributed by atoms with Gasteiger partial charge in [-0.15, -0.1) is 0 Å². The molecule has 0 aromatic carbocycles. The van der Waals surface area contributed by atoms with E-state index in [0.717, 1.165) is 6.42 Å². The molecule has 0 saturated carbocycles. The van der Waals surface area contributed by atoms with Crippen LogP contribution < -0.4 is 5.32 Å². The minimum atomic E-state index is -0.431. The molecule has 0 spiro atoms. The molecule has 1 aliphatic rings. The Labute approximate surface area is 163 Å². The van der Waals surface area contributed by atoms with Gasteiger partial charge in [-0.2, -0.15) is 0 Å². The third-order valence-corrected chi connectivity index (χ3v) is 4.78. The fraction of sp³-hybridized carbons (Fsp3) is 0.850. The third-order valence-electron chi connectivity index (χ3n) is 4.78. The Kier molecular flexibility index (Phi) is 8.88. The summed E-state index contributed by atoms with van der Waals surface area (Å²) in [5, 5.41) is 2.97. The van der Waals surface area contributed by atoms with Gasteiger partial charge >= 0.3 is 0 Å². The molecule has 1 unspecified atom stereocenters. The van der Waals surface area contributed by atoms with Crippen LogP contribution in [0.15, 0.2) is 0 Å². The number of amides is 3. The smallest absolute Gasteiger partial charge is 0.232 e. The summed E-state index contributed by atoms with van der Waals surface area (Å²) in [6.07, 6.45) is 1.83. The van der Waals surface area contributed by atoms with Crippen molar-refractivity contribution in [2.24, 2.45) is 5.92 Å². The molecule has 0 bridgehead atoms. The Morgan fingerprint density at radius 2 is 1.85 bits per heavy atom. The predicted molar refractivity (Wildman–Crippen MR) is 103 cm³/mol. The molecule has 0 aromatic rings. The van der Waals surface area contributed by atoms with Crippen molar-refractivity contribution in [3.05, 3.63) is 0 Å². The summed E-state index contributed by atoms with van der Waals surface area (Å²) in [7, 11) is 0. The van der Waals surface area contributed by atoms with Gasteiger partial charge in [-0.25, -0.2) is 0 Å². The van der Waals surface area contributed by atoms with Crippen LogP contribution in [0, 0.1) is 5.92 Å². The summed E-state index contributed by atoms with van der Waals surface area (Å²) < 4.78 is 11.3. The highest BCUT2D eigenvalue weighted by atomic mass is 16.5. The van der Waals surface area contributed by atoms with E-state index in [2.05, 4.69) is 5.32 Å². The van der Waals surface area contributed by atoms with Gasteiger partial charge in [0.25, 0.3) is 0 Å². The number of hydrogen-bond acceptors (Lipinski definition) is 5. The highest BCUT2D eigenvalue weighted by molar-refractivity contribution is 6.03. The lowest BCUT2D eigenvalue weighted by molar-refractivity contribution is -0.139. The van der Waals surface area contributed by atoms with E-state index < -0.39 is 5.54 Å². The van der Waals surface area contributed by atoms with Crippen molar-refractivity contribution in [3.8, 4) is 0 Å². The number of carbonyl (C=O) groups excluding carboxylic acids is 3. The van der Waals surface area contributed by atoms with E-state index in [1.165, 1.54) is 4.90 Å². The van der Waals surface area contributed by atoms with Gasteiger partial charge < -0.3 is 14.8 Å². The predicted octanol–water partition coefficient (Wildman–Crippen LogP) is 2.28. The van der Waals surface area contributed by atoms with Crippen molar-refractivity contribution in [1.29, 1.82) is 0 Å². The first-order valence-electron chi connectivity index (χ1n) is 9.84. The largest absolute Gasteiger partial charge is 0.382 e. The fourth-order valence-electron chi connectivity index (χ4n) is 2.92. The van der Waals surface area contributed by atoms with Gasteiger partial charge in [-0.3, -0.25) is 19.3 Å². The summed E-state index contributed by atoms with van der Waals surface area (Å²) in [6.45, 7) is 13.7. The van der Waals surface area contributed by atoms with Gasteiger partial charge in [-0.1, -0.05) is 6.92 Å². The molecule has 7 heteroatoms. The first-order chi connectivity index (χ1) is 12.5. The average molecular weight is 385 g/mol. The molecule has 1 heterocycles. The quantitative estimate of drug-likeness (QED) is 0.412. The van der Waals surface area contributed by atoms with Crippen LogP contribution >= 0.6 is 0 Å². The summed E-state index contributed by atoms with van der Waals surface area (Å²) in [5.74, 6) is -0.826. The van der Waals surface area contributed by atoms with Crippen LogP contribution in [0.2, 0.25) is 0 Å². The number of nitrogens with one attached hydrogen (secondary N) is 1. The van der Waals surface area contributed by atoms with E-state index in [0.29, 0.717) is 26.2 Å². The first-order valence-corrected chi connectivity index (χ1v) is 9.84. The Morgan fingerprint density at radius 3 is 2.41 bits per heavy atom. The van der Waals surface area contributed by atoms with Crippen LogP contribution in [0.3, 0.4) is 0 Å². The molecule has 1 N–H and O–H groups in total. The highest BCUT2D eigenvalue weighted by Crippen LogP contribution is 2.20. The zero-order valence-electron chi connectivity index (χ0n) is 17.7. The molecule has 27 heavy (non-hydrogen) atoms. The maximum Gasteiger partial charge on any atom is 0.232 e. The van der Waals surface area contributed by atoms with Crippen molar-refractivity contribution in [3.63, 3.8) is 0 Å². The maximum absolute atomic E-state index is 12.2. The van der Waals surface area contributed by atoms with Gasteiger partial charge in [0.15, 0.2) is 0 Å². The molecule has 1 aliphatic heterocycles. The average Bonchev–Trinajstić information content (AvgIpc) is 2.77. The third kappa shape index (κ3) is 8.39. The van der Waals surface area contributed by atoms with Crippen molar-refractivity contribution in [2.45, 2.75) is 78.4 Å². The molecule has 1 saturated heterocycles. The molecule has 1 rings (SSSR count). The molecule has 7 nitrogen and oxygen atoms in total. The zero-order chi connectivity index (χ0) is 20.7. The summed E-state index contributed by atoms with van der Waals surface area (Å²) in [5.41, 5.74) is -0.707. The first kappa shape index (κ1) is 23.6. The van der Waals surface area contributed by atoms with Crippen LogP contribution in [0.4, 0.5) is 0 Å². The van der Waals surface area contributed by atoms with E-state index in [1.54, 1.807) is 6.92 Å². The molecule has 3 amide bonds. The summed E-state index contributed by atoms with van der Waals surface area (Å²) in [4.78, 5) is 37.1. The van der Waals surface area contributed by atoms with Gasteiger partial charge in [0.1, 0.15) is 0 Å². The Bertz CT molecular complexity index is 530. The van der Waals surface area contributed by atoms with Gasteiger partial charge in [-0.05, 0) is 47.5 Å². The molecule has 0 radical (unpaired) electrons. The van der Waals surface area contributed by atoms with Gasteiger partial charge in [0.05, 0.1) is 5.60 Å². The Hall–Kier alpha value is -1.47. The number of hydrogen-bond donors (Lipinski definition) is 1. The molecule has 0 aliphatic carbocycles. The SMILES string of the molecule is CCOCCC(C)(C)OCCC(C)(C)NC(=O)CCN1C(=O)CC(C)C1=O. The van der Waals surface area contributed by atoms with Crippen LogP contribution in [-0.2, 0) is 23.9 Å². The molecular weight excluding hydrogens is 348 g/mol. The second-order valence-electron chi connectivity index (χ2n) is 8.48. The fourth-order valence-corrected chi connectivity index (χ4v) is 2.92. The normalized spacial score (nSPS) is 18.3. The number of rotatable bonds is 12. The summed E-state index contributed by atoms with van der Waals surface area (Å²) >= 11 is 0. The van der Waals surface area contributed by atoms with E-state index in [-0.39, 0.29) is 48.6 Å². The topological polar surface area (TPSA) is 84.9 Å². The number of carbonyl (C=O) groups is 3. The molecule has 156 valence electrons. The molecule has 1 atom stereocenters. The van der Waals surface area contributed by atoms with E-state index in [4.69, 9.17) is 9.47 Å². The van der Waals surface area contributed by atoms with Gasteiger partial charge in [0, 0.05) is 50.7 Å². The second kappa shape index (κ2) is 10.2. The maximum atomic E-state index is 12.2. The Balaban J connectivity index is 2.33. The van der Waals surface area contributed by atoms with E-state index >= 15 is 0 Å². The van der Waals surface area contributed by atoms with E-state index in [9.17, 15) is 14.4 Å². The second-order valence-corrected chi connectivity index (χ2v) is 8.48. The van der Waals surface area contributed by atoms with Crippen LogP contribution in [0.25, 0.3) is 0 Å². The minimum absolute atomic E-state index is 0.119. The zero-order valence-corrected chi connectivity index (χ0v) is 17.7. The number of likely N-dealkylation sites (tertiary alicyclic amines) is 1. The number of imide groups is 1. The van der Waals surface area contributed by atoms with Crippen LogP contribution in [0.1, 0.15) is 67.2 Å². The molecule has 1 fully saturated rings. The lowest BCUT2D eigenvalue weighted by Crippen LogP contribution is -2.46. The molecule has 0 aromatic heterocycles. The number of nitrogens with zero attached hydrogens (tertiary/aromatic N) is 1.